The van der Waals surface area contributed by atoms with Crippen LogP contribution in [-0.2, 0) is 4.74 Å². The highest BCUT2D eigenvalue weighted by atomic mass is 19.2. The lowest BCUT2D eigenvalue weighted by Crippen LogP contribution is -2.52. The fourth-order valence-electron chi connectivity index (χ4n) is 4.04. The quantitative estimate of drug-likeness (QED) is 0.521. The summed E-state index contributed by atoms with van der Waals surface area (Å²) in [5.74, 6) is -0.347. The van der Waals surface area contributed by atoms with Gasteiger partial charge >= 0.3 is 0 Å². The lowest BCUT2D eigenvalue weighted by Gasteiger charge is -2.39. The largest absolute Gasteiger partial charge is 0.379 e. The van der Waals surface area contributed by atoms with Gasteiger partial charge in [0.15, 0.2) is 17.6 Å². The predicted octanol–water partition coefficient (Wildman–Crippen LogP) is 2.46. The number of hydrogen-bond donors (Lipinski definition) is 2. The van der Waals surface area contributed by atoms with Crippen molar-refractivity contribution in [2.75, 3.05) is 63.9 Å². The van der Waals surface area contributed by atoms with Crippen molar-refractivity contribution < 1.29 is 13.5 Å². The average molecular weight is 424 g/mol. The smallest absolute Gasteiger partial charge is 0.191 e. The molecule has 2 heterocycles. The summed E-state index contributed by atoms with van der Waals surface area (Å²) in [5.41, 5.74) is 0.715. The first-order chi connectivity index (χ1) is 14.4. The number of anilines is 1. The van der Waals surface area contributed by atoms with Gasteiger partial charge in [0.1, 0.15) is 0 Å². The minimum Gasteiger partial charge on any atom is -0.379 e. The predicted molar refractivity (Wildman–Crippen MR) is 117 cm³/mol. The van der Waals surface area contributed by atoms with E-state index in [1.165, 1.54) is 12.1 Å². The van der Waals surface area contributed by atoms with Crippen molar-refractivity contribution in [3.63, 3.8) is 0 Å². The number of morpholine rings is 1. The summed E-state index contributed by atoms with van der Waals surface area (Å²) < 4.78 is 32.2. The Hall–Kier alpha value is -1.93. The van der Waals surface area contributed by atoms with E-state index in [0.29, 0.717) is 12.5 Å². The van der Waals surface area contributed by atoms with E-state index in [0.717, 1.165) is 70.6 Å². The highest BCUT2D eigenvalue weighted by Crippen LogP contribution is 2.25. The lowest BCUT2D eigenvalue weighted by molar-refractivity contribution is -0.00683. The summed E-state index contributed by atoms with van der Waals surface area (Å²) >= 11 is 0. The van der Waals surface area contributed by atoms with Gasteiger partial charge in [-0.1, -0.05) is 0 Å². The molecule has 0 aliphatic carbocycles. The van der Waals surface area contributed by atoms with Gasteiger partial charge in [0.2, 0.25) is 0 Å². The molecule has 1 aromatic rings. The number of guanidine groups is 1. The van der Waals surface area contributed by atoms with Crippen LogP contribution in [0, 0.1) is 17.6 Å². The summed E-state index contributed by atoms with van der Waals surface area (Å²) in [4.78, 5) is 9.37. The summed E-state index contributed by atoms with van der Waals surface area (Å²) in [6.45, 7) is 13.9. The zero-order valence-electron chi connectivity index (χ0n) is 18.4. The van der Waals surface area contributed by atoms with Gasteiger partial charge in [0, 0.05) is 56.6 Å². The second-order valence-corrected chi connectivity index (χ2v) is 8.69. The molecule has 1 aromatic carbocycles. The van der Waals surface area contributed by atoms with Gasteiger partial charge in [-0.25, -0.2) is 8.78 Å². The molecule has 2 aliphatic rings. The van der Waals surface area contributed by atoms with Crippen molar-refractivity contribution in [2.45, 2.75) is 32.7 Å². The standard InChI is InChI=1S/C22H35F2N5O/c1-4-25-21(27-16-22(2,3)29-9-11-30-12-10-29)26-14-17-7-8-28(15-17)18-5-6-19(23)20(24)13-18/h5-6,13,17H,4,7-12,14-16H2,1-3H3,(H2,25,26,27). The molecule has 2 N–H and O–H groups in total. The maximum absolute atomic E-state index is 13.5. The van der Waals surface area contributed by atoms with Gasteiger partial charge in [0.25, 0.3) is 0 Å². The Bertz CT molecular complexity index is 721. The molecular weight excluding hydrogens is 388 g/mol. The van der Waals surface area contributed by atoms with Crippen LogP contribution in [0.15, 0.2) is 23.2 Å². The number of hydrogen-bond acceptors (Lipinski definition) is 4. The highest BCUT2D eigenvalue weighted by Gasteiger charge is 2.28. The van der Waals surface area contributed by atoms with Gasteiger partial charge in [-0.05, 0) is 45.2 Å². The summed E-state index contributed by atoms with van der Waals surface area (Å²) in [7, 11) is 0. The number of nitrogens with zero attached hydrogens (tertiary/aromatic N) is 3. The second kappa shape index (κ2) is 10.4. The number of ether oxygens (including phenoxy) is 1. The van der Waals surface area contributed by atoms with Crippen LogP contribution in [0.1, 0.15) is 27.2 Å². The fourth-order valence-corrected chi connectivity index (χ4v) is 4.04. The van der Waals surface area contributed by atoms with Crippen LogP contribution >= 0.6 is 0 Å². The molecule has 0 saturated carbocycles. The molecule has 30 heavy (non-hydrogen) atoms. The van der Waals surface area contributed by atoms with Crippen molar-refractivity contribution >= 4 is 11.6 Å². The number of benzene rings is 1. The first-order valence-corrected chi connectivity index (χ1v) is 10.9. The number of rotatable bonds is 7. The molecule has 3 rings (SSSR count). The molecule has 8 heteroatoms. The van der Waals surface area contributed by atoms with Gasteiger partial charge in [-0.15, -0.1) is 0 Å². The summed E-state index contributed by atoms with van der Waals surface area (Å²) in [6, 6.07) is 4.13. The van der Waals surface area contributed by atoms with E-state index >= 15 is 0 Å². The van der Waals surface area contributed by atoms with Crippen LogP contribution in [-0.4, -0.2) is 75.4 Å². The normalized spacial score (nSPS) is 21.2. The van der Waals surface area contributed by atoms with E-state index in [4.69, 9.17) is 9.73 Å². The molecule has 2 aliphatic heterocycles. The van der Waals surface area contributed by atoms with Crippen LogP contribution in [0.3, 0.4) is 0 Å². The van der Waals surface area contributed by atoms with Crippen LogP contribution in [0.5, 0.6) is 0 Å². The molecule has 0 bridgehead atoms. The van der Waals surface area contributed by atoms with Crippen LogP contribution in [0.25, 0.3) is 0 Å². The molecule has 6 nitrogen and oxygen atoms in total. The third kappa shape index (κ3) is 6.04. The Morgan fingerprint density at radius 3 is 2.63 bits per heavy atom. The Balaban J connectivity index is 1.51. The zero-order chi connectivity index (χ0) is 21.6. The van der Waals surface area contributed by atoms with E-state index in [1.807, 2.05) is 0 Å². The molecule has 0 radical (unpaired) electrons. The molecule has 0 spiro atoms. The van der Waals surface area contributed by atoms with Crippen LogP contribution in [0.4, 0.5) is 14.5 Å². The first kappa shape index (κ1) is 22.7. The Morgan fingerprint density at radius 1 is 1.17 bits per heavy atom. The molecule has 1 atom stereocenters. The SMILES string of the molecule is CCNC(=NCC(C)(C)N1CCOCC1)NCC1CCN(c2ccc(F)c(F)c2)C1. The van der Waals surface area contributed by atoms with E-state index < -0.39 is 11.6 Å². The van der Waals surface area contributed by atoms with Crippen molar-refractivity contribution in [1.82, 2.24) is 15.5 Å². The summed E-state index contributed by atoms with van der Waals surface area (Å²) in [6.07, 6.45) is 1.00. The molecule has 0 aromatic heterocycles. The van der Waals surface area contributed by atoms with E-state index in [-0.39, 0.29) is 5.54 Å². The van der Waals surface area contributed by atoms with Gasteiger partial charge in [-0.3, -0.25) is 9.89 Å². The fraction of sp³-hybridized carbons (Fsp3) is 0.682. The minimum absolute atomic E-state index is 0.0249. The zero-order valence-corrected chi connectivity index (χ0v) is 18.4. The van der Waals surface area contributed by atoms with Gasteiger partial charge in [0.05, 0.1) is 19.8 Å². The van der Waals surface area contributed by atoms with E-state index in [1.54, 1.807) is 6.07 Å². The van der Waals surface area contributed by atoms with Crippen molar-refractivity contribution in [3.05, 3.63) is 29.8 Å². The summed E-state index contributed by atoms with van der Waals surface area (Å²) in [5, 5.41) is 6.80. The Labute approximate surface area is 178 Å². The third-order valence-electron chi connectivity index (χ3n) is 5.95. The molecule has 2 fully saturated rings. The number of aliphatic imine (C=N–C) groups is 1. The van der Waals surface area contributed by atoms with Crippen molar-refractivity contribution in [2.24, 2.45) is 10.9 Å². The molecule has 0 amide bonds. The van der Waals surface area contributed by atoms with Gasteiger partial charge in [-0.2, -0.15) is 0 Å². The van der Waals surface area contributed by atoms with Crippen LogP contribution in [0.2, 0.25) is 0 Å². The number of halogens is 2. The Morgan fingerprint density at radius 2 is 1.93 bits per heavy atom. The monoisotopic (exact) mass is 423 g/mol. The molecule has 1 unspecified atom stereocenters. The first-order valence-electron chi connectivity index (χ1n) is 10.9. The molecule has 2 saturated heterocycles. The Kier molecular flexibility index (Phi) is 7.88. The molecular formula is C22H35F2N5O. The highest BCUT2D eigenvalue weighted by molar-refractivity contribution is 5.79. The van der Waals surface area contributed by atoms with Crippen LogP contribution < -0.4 is 15.5 Å². The van der Waals surface area contributed by atoms with Gasteiger partial charge < -0.3 is 20.3 Å². The topological polar surface area (TPSA) is 52.1 Å². The average Bonchev–Trinajstić information content (AvgIpc) is 3.22. The van der Waals surface area contributed by atoms with E-state index in [2.05, 4.69) is 41.2 Å². The minimum atomic E-state index is -0.803. The number of nitrogens with one attached hydrogen (secondary N) is 2. The lowest BCUT2D eigenvalue weighted by atomic mass is 10.0. The second-order valence-electron chi connectivity index (χ2n) is 8.69. The van der Waals surface area contributed by atoms with Crippen molar-refractivity contribution in [1.29, 1.82) is 0 Å². The maximum atomic E-state index is 13.5. The molecule has 168 valence electrons. The van der Waals surface area contributed by atoms with Crippen molar-refractivity contribution in [3.8, 4) is 0 Å². The maximum Gasteiger partial charge on any atom is 0.191 e. The van der Waals surface area contributed by atoms with E-state index in [9.17, 15) is 8.78 Å². The third-order valence-corrected chi connectivity index (χ3v) is 5.95.